The van der Waals surface area contributed by atoms with Crippen LogP contribution in [0.1, 0.15) is 0 Å². The number of H-pyrrole nitrogens is 2. The summed E-state index contributed by atoms with van der Waals surface area (Å²) in [4.78, 5) is 39.8. The van der Waals surface area contributed by atoms with Gasteiger partial charge in [0.2, 0.25) is 0 Å². The first-order valence-corrected chi connectivity index (χ1v) is 27.8. The Labute approximate surface area is 487 Å². The molecule has 13 rings (SSSR count). The lowest BCUT2D eigenvalue weighted by molar-refractivity contribution is 0.467. The van der Waals surface area contributed by atoms with Gasteiger partial charge in [-0.1, -0.05) is 72.8 Å². The highest BCUT2D eigenvalue weighted by Gasteiger charge is 2.29. The zero-order chi connectivity index (χ0) is 58.5. The second kappa shape index (κ2) is 20.0. The molecule has 0 spiro atoms. The molecule has 0 saturated carbocycles. The molecule has 0 amide bonds. The Morgan fingerprint density at radius 2 is 0.571 bits per heavy atom. The maximum Gasteiger partial charge on any atom is 0.168 e. The standard InChI is InChI=1S/C68H66N12O4/c1-77(2,3)41-21-13-25-45(37-41)81-53-33-17-29-49-57(53)65-69-61(49)74-66-59-51(31-19-35-55(59)83-47-27-15-23-43(39-47)79(7,8)9)63(71-66)76-68-60-52(32-20-36-56(60)84-48-28-16-24-44(40-48)80(10,11)12)64(72-68)75-67-58-50(62(70-67)73-65)30-18-34-54(58)82-46-26-14-22-42(38-46)78(4,5)6/h13-40H,1-12H3,(H2,69,70,71,72,73,74,75,76)/q+4. The third-order valence-corrected chi connectivity index (χ3v) is 15.1. The number of quaternary nitrogens is 4. The number of benzene rings is 8. The van der Waals surface area contributed by atoms with Gasteiger partial charge in [0.15, 0.2) is 23.3 Å². The van der Waals surface area contributed by atoms with Crippen LogP contribution in [0.4, 0.5) is 22.7 Å². The molecule has 418 valence electrons. The minimum Gasteiger partial charge on any atom is -0.456 e. The molecular formula is C68H66N12O4+4. The van der Waals surface area contributed by atoms with E-state index in [9.17, 15) is 0 Å². The van der Waals surface area contributed by atoms with Gasteiger partial charge in [-0.3, -0.25) is 17.9 Å². The van der Waals surface area contributed by atoms with E-state index in [2.05, 4.69) is 143 Å². The smallest absolute Gasteiger partial charge is 0.168 e. The fourth-order valence-electron chi connectivity index (χ4n) is 10.6. The summed E-state index contributed by atoms with van der Waals surface area (Å²) in [5.74, 6) is 6.42. The van der Waals surface area contributed by atoms with Crippen molar-refractivity contribution in [3.8, 4) is 91.5 Å². The van der Waals surface area contributed by atoms with Crippen molar-refractivity contribution in [3.63, 3.8) is 0 Å². The van der Waals surface area contributed by atoms with E-state index in [1.54, 1.807) is 0 Å². The largest absolute Gasteiger partial charge is 0.456 e. The van der Waals surface area contributed by atoms with Crippen molar-refractivity contribution in [2.24, 2.45) is 0 Å². The van der Waals surface area contributed by atoms with Crippen molar-refractivity contribution < 1.29 is 18.9 Å². The molecule has 8 bridgehead atoms. The van der Waals surface area contributed by atoms with Crippen molar-refractivity contribution in [3.05, 3.63) is 170 Å². The second-order valence-corrected chi connectivity index (χ2v) is 24.8. The average Bonchev–Trinajstić information content (AvgIpc) is 2.48. The first kappa shape index (κ1) is 53.5. The van der Waals surface area contributed by atoms with E-state index in [4.69, 9.17) is 48.9 Å². The van der Waals surface area contributed by atoms with Crippen molar-refractivity contribution >= 4 is 66.9 Å². The second-order valence-electron chi connectivity index (χ2n) is 24.8. The van der Waals surface area contributed by atoms with Gasteiger partial charge in [0, 0.05) is 46.2 Å². The molecular weight excluding hydrogens is 1050 g/mol. The molecule has 2 N–H and O–H groups in total. The molecule has 0 fully saturated rings. The van der Waals surface area contributed by atoms with Gasteiger partial charge in [0.25, 0.3) is 0 Å². The molecule has 16 nitrogen and oxygen atoms in total. The van der Waals surface area contributed by atoms with Crippen molar-refractivity contribution in [1.82, 2.24) is 57.8 Å². The number of aromatic amines is 2. The Morgan fingerprint density at radius 3 is 0.905 bits per heavy atom. The number of fused-ring (bicyclic) bond motifs is 20. The predicted molar refractivity (Wildman–Crippen MR) is 340 cm³/mol. The Kier molecular flexibility index (Phi) is 12.7. The summed E-state index contributed by atoms with van der Waals surface area (Å²) in [6.45, 7) is 0. The lowest BCUT2D eigenvalue weighted by Crippen LogP contribution is -2.34. The maximum absolute atomic E-state index is 6.90. The van der Waals surface area contributed by atoms with Crippen LogP contribution >= 0.6 is 0 Å². The number of nitrogens with zero attached hydrogens (tertiary/aromatic N) is 10. The number of hydrogen-bond donors (Lipinski definition) is 2. The minimum absolute atomic E-state index is 0.371. The van der Waals surface area contributed by atoms with E-state index < -0.39 is 0 Å². The van der Waals surface area contributed by atoms with Gasteiger partial charge >= 0.3 is 0 Å². The Hall–Kier alpha value is -9.84. The normalized spacial score (nSPS) is 12.5. The molecule has 0 atom stereocenters. The number of ether oxygens (including phenoxy) is 4. The molecule has 11 aromatic rings. The lowest BCUT2D eigenvalue weighted by Gasteiger charge is -2.23. The molecule has 5 heterocycles. The van der Waals surface area contributed by atoms with Gasteiger partial charge in [0.1, 0.15) is 91.3 Å². The highest BCUT2D eigenvalue weighted by molar-refractivity contribution is 6.10. The van der Waals surface area contributed by atoms with Gasteiger partial charge in [-0.15, -0.1) is 0 Å². The van der Waals surface area contributed by atoms with Gasteiger partial charge in [-0.2, -0.15) is 0 Å². The highest BCUT2D eigenvalue weighted by Crippen LogP contribution is 2.47. The predicted octanol–water partition coefficient (Wildman–Crippen LogP) is 14.8. The fraction of sp³-hybridized carbons (Fsp3) is 0.176. The van der Waals surface area contributed by atoms with Crippen LogP contribution in [0.5, 0.6) is 46.0 Å². The van der Waals surface area contributed by atoms with Crippen LogP contribution in [0, 0.1) is 0 Å². The lowest BCUT2D eigenvalue weighted by atomic mass is 10.1. The third-order valence-electron chi connectivity index (χ3n) is 15.1. The van der Waals surface area contributed by atoms with E-state index in [-0.39, 0.29) is 0 Å². The molecule has 0 unspecified atom stereocenters. The van der Waals surface area contributed by atoms with E-state index in [0.717, 1.165) is 33.5 Å². The van der Waals surface area contributed by atoms with Crippen LogP contribution in [0.3, 0.4) is 0 Å². The van der Waals surface area contributed by atoms with Crippen molar-refractivity contribution in [2.45, 2.75) is 0 Å². The molecule has 2 aliphatic rings. The number of aromatic nitrogens is 8. The first-order valence-electron chi connectivity index (χ1n) is 27.8. The maximum atomic E-state index is 6.90. The number of hydrogen-bond acceptors (Lipinski definition) is 10. The fourth-order valence-corrected chi connectivity index (χ4v) is 10.6. The molecule has 84 heavy (non-hydrogen) atoms. The van der Waals surface area contributed by atoms with E-state index >= 15 is 0 Å². The molecule has 16 heteroatoms. The minimum atomic E-state index is 0.371. The van der Waals surface area contributed by atoms with E-state index in [1.165, 1.54) is 0 Å². The van der Waals surface area contributed by atoms with E-state index in [1.807, 2.05) is 121 Å². The number of nitrogens with one attached hydrogen (secondary N) is 2. The van der Waals surface area contributed by atoms with Gasteiger partial charge < -0.3 is 28.9 Å². The summed E-state index contributed by atoms with van der Waals surface area (Å²) in [6.07, 6.45) is 0. The third kappa shape index (κ3) is 10.1. The summed E-state index contributed by atoms with van der Waals surface area (Å²) >= 11 is 0. The zero-order valence-corrected chi connectivity index (χ0v) is 49.3. The average molecular weight is 1120 g/mol. The molecule has 8 aromatic carbocycles. The summed E-state index contributed by atoms with van der Waals surface area (Å²) < 4.78 is 30.0. The van der Waals surface area contributed by atoms with Crippen LogP contribution in [0.25, 0.3) is 89.7 Å². The summed E-state index contributed by atoms with van der Waals surface area (Å²) in [6, 6.07) is 56.1. The molecule has 0 aliphatic carbocycles. The Bertz CT molecular complexity index is 4340. The van der Waals surface area contributed by atoms with E-state index in [0.29, 0.717) is 143 Å². The van der Waals surface area contributed by atoms with Crippen LogP contribution in [-0.2, 0) is 0 Å². The Morgan fingerprint density at radius 1 is 0.286 bits per heavy atom. The molecule has 0 radical (unpaired) electrons. The summed E-state index contributed by atoms with van der Waals surface area (Å²) in [5.41, 5.74) is 8.91. The SMILES string of the molecule is C[N+](C)(C)c1cccc(Oc2cccc3c2-c2nc-3nc3[nH]c(nc4nc(nc5[nH]c(n2)c2cccc(Oc6cccc([N+](C)(C)C)c6)c52)-c2cccc(Oc5cccc([N+](C)(C)C)c5)c2-4)c2cccc(Oc4cccc([N+](C)(C)C)c4)c32)c1. The molecule has 2 aliphatic heterocycles. The zero-order valence-electron chi connectivity index (χ0n) is 49.3. The topological polar surface area (TPSA) is 146 Å². The van der Waals surface area contributed by atoms with Gasteiger partial charge in [-0.05, 0) is 72.8 Å². The first-order chi connectivity index (χ1) is 40.1. The molecule has 3 aromatic heterocycles. The van der Waals surface area contributed by atoms with Crippen LogP contribution in [-0.4, -0.2) is 124 Å². The Balaban J connectivity index is 1.12. The van der Waals surface area contributed by atoms with Gasteiger partial charge in [0.05, 0.1) is 106 Å². The molecule has 0 saturated heterocycles. The number of rotatable bonds is 12. The monoisotopic (exact) mass is 1110 g/mol. The summed E-state index contributed by atoms with van der Waals surface area (Å²) in [5, 5.41) is 2.84. The van der Waals surface area contributed by atoms with Crippen LogP contribution in [0.2, 0.25) is 0 Å². The quantitative estimate of drug-likeness (QED) is 0.113. The highest BCUT2D eigenvalue weighted by atomic mass is 16.5. The van der Waals surface area contributed by atoms with Gasteiger partial charge in [-0.25, -0.2) is 29.9 Å². The van der Waals surface area contributed by atoms with Crippen LogP contribution in [0.15, 0.2) is 170 Å². The van der Waals surface area contributed by atoms with Crippen molar-refractivity contribution in [1.29, 1.82) is 0 Å². The van der Waals surface area contributed by atoms with Crippen molar-refractivity contribution in [2.75, 3.05) is 84.6 Å². The van der Waals surface area contributed by atoms with Crippen LogP contribution < -0.4 is 36.9 Å². The summed E-state index contributed by atoms with van der Waals surface area (Å²) in [7, 11) is 25.5.